The van der Waals surface area contributed by atoms with E-state index in [-0.39, 0.29) is 11.8 Å². The van der Waals surface area contributed by atoms with Crippen LogP contribution in [0.5, 0.6) is 0 Å². The second-order valence-corrected chi connectivity index (χ2v) is 2.83. The summed E-state index contributed by atoms with van der Waals surface area (Å²) < 4.78 is 4.85. The molecule has 0 aromatic rings. The van der Waals surface area contributed by atoms with Crippen molar-refractivity contribution in [2.45, 2.75) is 0 Å². The second kappa shape index (κ2) is 5.11. The number of ether oxygens (including phenoxy) is 1. The van der Waals surface area contributed by atoms with Crippen molar-refractivity contribution in [1.29, 1.82) is 0 Å². The number of hydrogen-bond acceptors (Lipinski definition) is 5. The average Bonchev–Trinajstić information content (AvgIpc) is 2.08. The summed E-state index contributed by atoms with van der Waals surface area (Å²) in [5, 5.41) is 11.5. The topological polar surface area (TPSA) is 111 Å². The van der Waals surface area contributed by atoms with E-state index in [9.17, 15) is 9.59 Å². The summed E-state index contributed by atoms with van der Waals surface area (Å²) in [4.78, 5) is 25.2. The molecular formula is C8H10N2O5. The number of aliphatic carboxylic acids is 1. The van der Waals surface area contributed by atoms with Crippen LogP contribution >= 0.6 is 0 Å². The molecule has 0 aromatic heterocycles. The average molecular weight is 214 g/mol. The van der Waals surface area contributed by atoms with E-state index >= 15 is 0 Å². The minimum atomic E-state index is -1.24. The molecule has 3 N–H and O–H groups in total. The molecule has 7 heteroatoms. The SMILES string of the molecule is N/C(=N\OC(=O)C=CC(=O)O)C1COC1. The smallest absolute Gasteiger partial charge is 0.358 e. The first-order chi connectivity index (χ1) is 7.09. The van der Waals surface area contributed by atoms with Crippen LogP contribution in [0.4, 0.5) is 0 Å². The third-order valence-corrected chi connectivity index (χ3v) is 1.66. The molecular weight excluding hydrogens is 204 g/mol. The van der Waals surface area contributed by atoms with Gasteiger partial charge in [0.05, 0.1) is 19.1 Å². The molecule has 1 aliphatic heterocycles. The molecule has 0 unspecified atom stereocenters. The summed E-state index contributed by atoms with van der Waals surface area (Å²) in [5.74, 6) is -1.99. The third kappa shape index (κ3) is 3.77. The van der Waals surface area contributed by atoms with Gasteiger partial charge in [-0.15, -0.1) is 0 Å². The molecule has 0 spiro atoms. The van der Waals surface area contributed by atoms with Gasteiger partial charge in [-0.3, -0.25) is 0 Å². The van der Waals surface area contributed by atoms with E-state index < -0.39 is 11.9 Å². The van der Waals surface area contributed by atoms with E-state index in [2.05, 4.69) is 9.99 Å². The van der Waals surface area contributed by atoms with Gasteiger partial charge < -0.3 is 20.4 Å². The van der Waals surface area contributed by atoms with Gasteiger partial charge >= 0.3 is 11.9 Å². The molecule has 0 bridgehead atoms. The van der Waals surface area contributed by atoms with Crippen LogP contribution in [0.25, 0.3) is 0 Å². The van der Waals surface area contributed by atoms with E-state index in [1.165, 1.54) is 0 Å². The van der Waals surface area contributed by atoms with Gasteiger partial charge in [-0.2, -0.15) is 0 Å². The fourth-order valence-electron chi connectivity index (χ4n) is 0.748. The Labute approximate surface area is 85.1 Å². The summed E-state index contributed by atoms with van der Waals surface area (Å²) in [6.45, 7) is 0.912. The Bertz CT molecular complexity index is 319. The minimum absolute atomic E-state index is 0.0266. The van der Waals surface area contributed by atoms with E-state index in [1.54, 1.807) is 0 Å². The maximum Gasteiger partial charge on any atom is 0.358 e. The van der Waals surface area contributed by atoms with Gasteiger partial charge in [-0.25, -0.2) is 9.59 Å². The fourth-order valence-corrected chi connectivity index (χ4v) is 0.748. The number of amidine groups is 1. The number of nitrogens with two attached hydrogens (primary N) is 1. The number of nitrogens with zero attached hydrogens (tertiary/aromatic N) is 1. The number of carboxylic acids is 1. The van der Waals surface area contributed by atoms with Crippen LogP contribution in [0.1, 0.15) is 0 Å². The Morgan fingerprint density at radius 3 is 2.60 bits per heavy atom. The van der Waals surface area contributed by atoms with Gasteiger partial charge in [0.25, 0.3) is 0 Å². The molecule has 82 valence electrons. The van der Waals surface area contributed by atoms with E-state index in [1.807, 2.05) is 0 Å². The lowest BCUT2D eigenvalue weighted by atomic mass is 10.1. The maximum absolute atomic E-state index is 10.8. The molecule has 7 nitrogen and oxygen atoms in total. The van der Waals surface area contributed by atoms with Crippen LogP contribution in [0.3, 0.4) is 0 Å². The van der Waals surface area contributed by atoms with Crippen molar-refractivity contribution in [2.75, 3.05) is 13.2 Å². The number of oxime groups is 1. The second-order valence-electron chi connectivity index (χ2n) is 2.83. The molecule has 0 saturated carbocycles. The van der Waals surface area contributed by atoms with Crippen LogP contribution in [-0.4, -0.2) is 36.1 Å². The summed E-state index contributed by atoms with van der Waals surface area (Å²) >= 11 is 0. The monoisotopic (exact) mass is 214 g/mol. The number of hydrogen-bond donors (Lipinski definition) is 2. The van der Waals surface area contributed by atoms with Gasteiger partial charge in [-0.05, 0) is 0 Å². The van der Waals surface area contributed by atoms with Crippen LogP contribution in [-0.2, 0) is 19.2 Å². The normalized spacial score (nSPS) is 17.5. The molecule has 0 atom stereocenters. The van der Waals surface area contributed by atoms with E-state index in [0.29, 0.717) is 19.3 Å². The Morgan fingerprint density at radius 2 is 2.13 bits per heavy atom. The number of carbonyl (C=O) groups excluding carboxylic acids is 1. The van der Waals surface area contributed by atoms with Gasteiger partial charge in [0.1, 0.15) is 5.84 Å². The third-order valence-electron chi connectivity index (χ3n) is 1.66. The summed E-state index contributed by atoms with van der Waals surface area (Å²) in [6, 6.07) is 0. The fraction of sp³-hybridized carbons (Fsp3) is 0.375. The highest BCUT2D eigenvalue weighted by Gasteiger charge is 2.23. The maximum atomic E-state index is 10.8. The van der Waals surface area contributed by atoms with Crippen LogP contribution in [0.15, 0.2) is 17.3 Å². The highest BCUT2D eigenvalue weighted by molar-refractivity contribution is 5.91. The standard InChI is InChI=1S/C8H10N2O5/c9-8(5-3-14-4-5)10-15-7(13)2-1-6(11)12/h1-2,5H,3-4H2,(H2,9,10)(H,11,12). The molecule has 0 aromatic carbocycles. The molecule has 1 heterocycles. The first-order valence-electron chi connectivity index (χ1n) is 4.12. The van der Waals surface area contributed by atoms with E-state index in [4.69, 9.17) is 15.6 Å². The van der Waals surface area contributed by atoms with Crippen molar-refractivity contribution < 1.29 is 24.3 Å². The van der Waals surface area contributed by atoms with Crippen molar-refractivity contribution in [3.63, 3.8) is 0 Å². The molecule has 1 rings (SSSR count). The first-order valence-corrected chi connectivity index (χ1v) is 4.12. The lowest BCUT2D eigenvalue weighted by molar-refractivity contribution is -0.138. The lowest BCUT2D eigenvalue weighted by Gasteiger charge is -2.24. The Morgan fingerprint density at radius 1 is 1.47 bits per heavy atom. The molecule has 1 aliphatic rings. The first kappa shape index (κ1) is 11.2. The van der Waals surface area contributed by atoms with Crippen LogP contribution < -0.4 is 5.73 Å². The molecule has 1 fully saturated rings. The molecule has 1 saturated heterocycles. The van der Waals surface area contributed by atoms with Gasteiger partial charge in [0.15, 0.2) is 0 Å². The van der Waals surface area contributed by atoms with Crippen molar-refractivity contribution in [2.24, 2.45) is 16.8 Å². The van der Waals surface area contributed by atoms with Crippen LogP contribution in [0, 0.1) is 5.92 Å². The quantitative estimate of drug-likeness (QED) is 0.206. The molecule has 0 amide bonds. The van der Waals surface area contributed by atoms with Gasteiger partial charge in [0, 0.05) is 12.2 Å². The van der Waals surface area contributed by atoms with Crippen LogP contribution in [0.2, 0.25) is 0 Å². The Balaban J connectivity index is 2.34. The Kier molecular flexibility index (Phi) is 3.81. The van der Waals surface area contributed by atoms with Crippen molar-refractivity contribution in [3.05, 3.63) is 12.2 Å². The Hall–Kier alpha value is -1.89. The minimum Gasteiger partial charge on any atom is -0.478 e. The highest BCUT2D eigenvalue weighted by atomic mass is 16.7. The zero-order valence-corrected chi connectivity index (χ0v) is 7.75. The predicted octanol–water partition coefficient (Wildman–Crippen LogP) is -0.911. The summed E-state index contributed by atoms with van der Waals surface area (Å²) in [7, 11) is 0. The van der Waals surface area contributed by atoms with Crippen molar-refractivity contribution >= 4 is 17.8 Å². The van der Waals surface area contributed by atoms with Crippen molar-refractivity contribution in [1.82, 2.24) is 0 Å². The molecule has 0 aliphatic carbocycles. The summed E-state index contributed by atoms with van der Waals surface area (Å²) in [5.41, 5.74) is 5.44. The zero-order valence-electron chi connectivity index (χ0n) is 7.75. The largest absolute Gasteiger partial charge is 0.478 e. The van der Waals surface area contributed by atoms with Crippen molar-refractivity contribution in [3.8, 4) is 0 Å². The highest BCUT2D eigenvalue weighted by Crippen LogP contribution is 2.09. The lowest BCUT2D eigenvalue weighted by Crippen LogP contribution is -2.39. The number of rotatable bonds is 4. The number of carbonyl (C=O) groups is 2. The number of carboxylic acid groups (broad SMARTS) is 1. The van der Waals surface area contributed by atoms with E-state index in [0.717, 1.165) is 6.08 Å². The van der Waals surface area contributed by atoms with Gasteiger partial charge in [0.2, 0.25) is 0 Å². The zero-order chi connectivity index (χ0) is 11.3. The molecule has 0 radical (unpaired) electrons. The van der Waals surface area contributed by atoms with Gasteiger partial charge in [-0.1, -0.05) is 5.16 Å². The summed E-state index contributed by atoms with van der Waals surface area (Å²) in [6.07, 6.45) is 1.40. The predicted molar refractivity (Wildman–Crippen MR) is 48.8 cm³/mol. The molecule has 15 heavy (non-hydrogen) atoms.